The standard InChI is InChI=1S/C36H41N7O4Si/c1-6-27(19-20-47-48(36(2,3)4,28-13-9-7-10-14-28)29-15-11-8-12-16-29)39-33-32-30(40-34(41-33)42-35(44)45)23-38-43(32)24-26-18-17-25(22-37)21-31(26)46-5/h7-18,21,23,27H,6,19-20,24H2,1-5H3,(H,44,45)(H2,39,40,41,42). The molecular formula is C36H41N7O4Si. The SMILES string of the molecule is CCC(CCO[Si](c1ccccc1)(c1ccccc1)C(C)(C)C)Nc1nc(NC(=O)O)nc2cnn(Cc3ccc(C#N)cc3OC)c12. The molecule has 0 radical (unpaired) electrons. The number of hydrogen-bond acceptors (Lipinski definition) is 8. The van der Waals surface area contributed by atoms with Crippen molar-refractivity contribution < 1.29 is 19.1 Å². The van der Waals surface area contributed by atoms with E-state index in [0.717, 1.165) is 12.0 Å². The Hall–Kier alpha value is -5.25. The summed E-state index contributed by atoms with van der Waals surface area (Å²) < 4.78 is 14.5. The maximum absolute atomic E-state index is 11.5. The Morgan fingerprint density at radius 1 is 1.04 bits per heavy atom. The van der Waals surface area contributed by atoms with E-state index in [0.29, 0.717) is 47.7 Å². The molecule has 248 valence electrons. The topological polar surface area (TPSA) is 147 Å². The zero-order valence-corrected chi connectivity index (χ0v) is 28.9. The lowest BCUT2D eigenvalue weighted by molar-refractivity contribution is 0.209. The van der Waals surface area contributed by atoms with Gasteiger partial charge in [0.25, 0.3) is 8.32 Å². The molecule has 0 saturated carbocycles. The molecule has 0 aliphatic rings. The van der Waals surface area contributed by atoms with E-state index in [-0.39, 0.29) is 17.0 Å². The molecule has 5 aromatic rings. The fourth-order valence-corrected chi connectivity index (χ4v) is 10.7. The van der Waals surface area contributed by atoms with Crippen LogP contribution < -0.4 is 25.7 Å². The van der Waals surface area contributed by atoms with Crippen molar-refractivity contribution in [1.29, 1.82) is 5.26 Å². The predicted octanol–water partition coefficient (Wildman–Crippen LogP) is 6.00. The van der Waals surface area contributed by atoms with Crippen molar-refractivity contribution in [2.45, 2.75) is 58.2 Å². The second kappa shape index (κ2) is 14.7. The lowest BCUT2D eigenvalue weighted by atomic mass is 10.1. The van der Waals surface area contributed by atoms with E-state index in [1.54, 1.807) is 30.1 Å². The maximum atomic E-state index is 11.5. The molecule has 0 saturated heterocycles. The van der Waals surface area contributed by atoms with Crippen LogP contribution in [0.2, 0.25) is 5.04 Å². The number of ether oxygens (including phenoxy) is 1. The van der Waals surface area contributed by atoms with Gasteiger partial charge in [-0.2, -0.15) is 15.3 Å². The molecule has 2 heterocycles. The summed E-state index contributed by atoms with van der Waals surface area (Å²) in [6.45, 7) is 9.67. The van der Waals surface area contributed by atoms with Crippen LogP contribution in [0.25, 0.3) is 11.0 Å². The van der Waals surface area contributed by atoms with E-state index in [1.165, 1.54) is 10.4 Å². The van der Waals surface area contributed by atoms with Crippen LogP contribution in [0.3, 0.4) is 0 Å². The number of aromatic nitrogens is 4. The van der Waals surface area contributed by atoms with Crippen LogP contribution in [0, 0.1) is 11.3 Å². The van der Waals surface area contributed by atoms with Gasteiger partial charge >= 0.3 is 6.09 Å². The molecule has 48 heavy (non-hydrogen) atoms. The summed E-state index contributed by atoms with van der Waals surface area (Å²) in [4.78, 5) is 20.5. The fraction of sp³-hybridized carbons (Fsp3) is 0.306. The molecular weight excluding hydrogens is 623 g/mol. The van der Waals surface area contributed by atoms with E-state index in [2.05, 4.69) is 108 Å². The Morgan fingerprint density at radius 3 is 2.27 bits per heavy atom. The van der Waals surface area contributed by atoms with Crippen LogP contribution in [-0.4, -0.2) is 59.0 Å². The number of nitrogens with zero attached hydrogens (tertiary/aromatic N) is 5. The molecule has 0 aliphatic heterocycles. The molecule has 1 unspecified atom stereocenters. The Morgan fingerprint density at radius 2 is 1.71 bits per heavy atom. The van der Waals surface area contributed by atoms with Crippen molar-refractivity contribution in [2.75, 3.05) is 24.4 Å². The third kappa shape index (κ3) is 7.17. The normalized spacial score (nSPS) is 12.3. The lowest BCUT2D eigenvalue weighted by Gasteiger charge is -2.43. The average Bonchev–Trinajstić information content (AvgIpc) is 3.48. The molecule has 1 atom stereocenters. The van der Waals surface area contributed by atoms with Gasteiger partial charge in [0.2, 0.25) is 5.95 Å². The van der Waals surface area contributed by atoms with Crippen LogP contribution >= 0.6 is 0 Å². The monoisotopic (exact) mass is 663 g/mol. The highest BCUT2D eigenvalue weighted by molar-refractivity contribution is 6.99. The van der Waals surface area contributed by atoms with Gasteiger partial charge in [-0.3, -0.25) is 10.00 Å². The van der Waals surface area contributed by atoms with Crippen molar-refractivity contribution >= 4 is 47.6 Å². The first-order valence-corrected chi connectivity index (χ1v) is 17.8. The second-order valence-electron chi connectivity index (χ2n) is 12.6. The highest BCUT2D eigenvalue weighted by atomic mass is 28.4. The number of fused-ring (bicyclic) bond motifs is 1. The van der Waals surface area contributed by atoms with Crippen molar-refractivity contribution in [3.8, 4) is 11.8 Å². The van der Waals surface area contributed by atoms with Gasteiger partial charge in [-0.15, -0.1) is 0 Å². The maximum Gasteiger partial charge on any atom is 0.411 e. The van der Waals surface area contributed by atoms with Gasteiger partial charge in [0.1, 0.15) is 16.8 Å². The van der Waals surface area contributed by atoms with E-state index in [1.807, 2.05) is 18.2 Å². The van der Waals surface area contributed by atoms with Crippen molar-refractivity contribution in [3.05, 3.63) is 96.2 Å². The number of methoxy groups -OCH3 is 1. The fourth-order valence-electron chi connectivity index (χ4n) is 6.16. The van der Waals surface area contributed by atoms with Crippen LogP contribution in [0.15, 0.2) is 85.1 Å². The van der Waals surface area contributed by atoms with Crippen molar-refractivity contribution in [1.82, 2.24) is 19.7 Å². The van der Waals surface area contributed by atoms with Gasteiger partial charge in [-0.1, -0.05) is 94.4 Å². The molecule has 0 aliphatic carbocycles. The summed E-state index contributed by atoms with van der Waals surface area (Å²) >= 11 is 0. The van der Waals surface area contributed by atoms with Gasteiger partial charge in [-0.25, -0.2) is 9.78 Å². The van der Waals surface area contributed by atoms with Crippen LogP contribution in [0.4, 0.5) is 16.6 Å². The van der Waals surface area contributed by atoms with Gasteiger partial charge in [0, 0.05) is 18.2 Å². The van der Waals surface area contributed by atoms with Gasteiger partial charge in [0.05, 0.1) is 31.5 Å². The number of amides is 1. The number of carbonyl (C=O) groups is 1. The number of nitrogens with one attached hydrogen (secondary N) is 2. The first kappa shape index (κ1) is 34.1. The smallest absolute Gasteiger partial charge is 0.411 e. The first-order chi connectivity index (χ1) is 23.1. The Labute approximate surface area is 281 Å². The number of anilines is 2. The summed E-state index contributed by atoms with van der Waals surface area (Å²) in [5, 5.41) is 31.5. The molecule has 0 bridgehead atoms. The van der Waals surface area contributed by atoms with E-state index in [9.17, 15) is 15.2 Å². The van der Waals surface area contributed by atoms with Crippen LogP contribution in [0.5, 0.6) is 5.75 Å². The molecule has 1 amide bonds. The minimum Gasteiger partial charge on any atom is -0.496 e. The van der Waals surface area contributed by atoms with Gasteiger partial charge in [-0.05, 0) is 40.4 Å². The Bertz CT molecular complexity index is 1860. The quantitative estimate of drug-likeness (QED) is 0.129. The minimum absolute atomic E-state index is 0.0496. The van der Waals surface area contributed by atoms with E-state index >= 15 is 0 Å². The minimum atomic E-state index is -2.72. The van der Waals surface area contributed by atoms with Crippen molar-refractivity contribution in [2.24, 2.45) is 0 Å². The molecule has 12 heteroatoms. The summed E-state index contributed by atoms with van der Waals surface area (Å²) in [5.41, 5.74) is 2.39. The Balaban J connectivity index is 1.46. The first-order valence-electron chi connectivity index (χ1n) is 15.9. The number of benzene rings is 3. The van der Waals surface area contributed by atoms with Gasteiger partial charge < -0.3 is 19.6 Å². The largest absolute Gasteiger partial charge is 0.496 e. The van der Waals surface area contributed by atoms with E-state index in [4.69, 9.17) is 9.16 Å². The summed E-state index contributed by atoms with van der Waals surface area (Å²) in [7, 11) is -1.17. The predicted molar refractivity (Wildman–Crippen MR) is 190 cm³/mol. The number of nitriles is 1. The molecule has 0 spiro atoms. The Kier molecular flexibility index (Phi) is 10.4. The molecule has 11 nitrogen and oxygen atoms in total. The van der Waals surface area contributed by atoms with Crippen LogP contribution in [-0.2, 0) is 11.0 Å². The lowest BCUT2D eigenvalue weighted by Crippen LogP contribution is -2.66. The zero-order valence-electron chi connectivity index (χ0n) is 27.9. The highest BCUT2D eigenvalue weighted by Crippen LogP contribution is 2.37. The third-order valence-corrected chi connectivity index (χ3v) is 13.5. The second-order valence-corrected chi connectivity index (χ2v) is 16.9. The van der Waals surface area contributed by atoms with Gasteiger partial charge in [0.15, 0.2) is 5.82 Å². The van der Waals surface area contributed by atoms with Crippen molar-refractivity contribution in [3.63, 3.8) is 0 Å². The third-order valence-electron chi connectivity index (χ3n) is 8.48. The molecule has 2 aromatic heterocycles. The molecule has 3 N–H and O–H groups in total. The summed E-state index contributed by atoms with van der Waals surface area (Å²) in [5.74, 6) is 0.960. The highest BCUT2D eigenvalue weighted by Gasteiger charge is 2.50. The number of hydrogen-bond donors (Lipinski definition) is 3. The van der Waals surface area contributed by atoms with E-state index < -0.39 is 14.4 Å². The molecule has 5 rings (SSSR count). The van der Waals surface area contributed by atoms with Crippen LogP contribution in [0.1, 0.15) is 51.7 Å². The molecule has 3 aromatic carbocycles. The summed E-state index contributed by atoms with van der Waals surface area (Å²) in [6.07, 6.45) is 1.75. The average molecular weight is 664 g/mol. The number of carboxylic acid groups (broad SMARTS) is 1. The zero-order chi connectivity index (χ0) is 34.3. The summed E-state index contributed by atoms with van der Waals surface area (Å²) in [6, 6.07) is 28.4. The number of rotatable bonds is 13. The molecule has 0 fully saturated rings.